The molecule has 0 amide bonds. The molecule has 0 unspecified atom stereocenters. The van der Waals surface area contributed by atoms with Gasteiger partial charge in [-0.25, -0.2) is 4.98 Å². The number of rotatable bonds is 3. The molecular weight excluding hydrogens is 204 g/mol. The Bertz CT molecular complexity index is 308. The van der Waals surface area contributed by atoms with Crippen molar-refractivity contribution < 1.29 is 0 Å². The molecule has 1 fully saturated rings. The van der Waals surface area contributed by atoms with Crippen molar-refractivity contribution in [1.29, 1.82) is 0 Å². The van der Waals surface area contributed by atoms with Gasteiger partial charge in [-0.15, -0.1) is 11.3 Å². The highest BCUT2D eigenvalue weighted by Gasteiger charge is 2.20. The predicted molar refractivity (Wildman–Crippen MR) is 65.1 cm³/mol. The minimum atomic E-state index is 0.722. The molecule has 1 N–H and O–H groups in total. The van der Waals surface area contributed by atoms with E-state index in [0.717, 1.165) is 18.5 Å². The van der Waals surface area contributed by atoms with Crippen LogP contribution >= 0.6 is 11.3 Å². The fourth-order valence-electron chi connectivity index (χ4n) is 2.34. The van der Waals surface area contributed by atoms with Crippen LogP contribution < -0.4 is 5.32 Å². The van der Waals surface area contributed by atoms with Gasteiger partial charge in [-0.05, 0) is 25.7 Å². The molecule has 84 valence electrons. The molecule has 1 aliphatic rings. The molecule has 0 aliphatic heterocycles. The number of nitrogens with one attached hydrogen (secondary N) is 1. The average Bonchev–Trinajstić information content (AvgIpc) is 2.63. The summed E-state index contributed by atoms with van der Waals surface area (Å²) in [6.45, 7) is 5.47. The molecule has 0 aromatic carbocycles. The van der Waals surface area contributed by atoms with Gasteiger partial charge < -0.3 is 5.32 Å². The predicted octanol–water partition coefficient (Wildman–Crippen LogP) is 3.12. The van der Waals surface area contributed by atoms with Crippen molar-refractivity contribution in [2.24, 2.45) is 5.92 Å². The summed E-state index contributed by atoms with van der Waals surface area (Å²) < 4.78 is 0. The zero-order valence-corrected chi connectivity index (χ0v) is 10.4. The van der Waals surface area contributed by atoms with Gasteiger partial charge in [0.2, 0.25) is 0 Å². The third kappa shape index (κ3) is 2.79. The second-order valence-electron chi connectivity index (χ2n) is 4.61. The second kappa shape index (κ2) is 5.08. The van der Waals surface area contributed by atoms with Crippen molar-refractivity contribution in [3.05, 3.63) is 16.1 Å². The van der Waals surface area contributed by atoms with Gasteiger partial charge in [0.25, 0.3) is 0 Å². The molecule has 1 aliphatic carbocycles. The molecule has 2 atom stereocenters. The summed E-state index contributed by atoms with van der Waals surface area (Å²) in [5.74, 6) is 0.840. The fraction of sp³-hybridized carbons (Fsp3) is 0.750. The Hall–Kier alpha value is -0.410. The van der Waals surface area contributed by atoms with Crippen molar-refractivity contribution in [3.8, 4) is 0 Å². The van der Waals surface area contributed by atoms with Gasteiger partial charge in [0.15, 0.2) is 0 Å². The fourth-order valence-corrected chi connectivity index (χ4v) is 3.07. The van der Waals surface area contributed by atoms with Crippen LogP contribution in [0.2, 0.25) is 0 Å². The van der Waals surface area contributed by atoms with E-state index in [4.69, 9.17) is 0 Å². The summed E-state index contributed by atoms with van der Waals surface area (Å²) in [6.07, 6.45) is 5.54. The molecule has 1 heterocycles. The van der Waals surface area contributed by atoms with Crippen molar-refractivity contribution in [2.45, 2.75) is 52.1 Å². The Labute approximate surface area is 96.1 Å². The lowest BCUT2D eigenvalue weighted by molar-refractivity contribution is 0.280. The molecule has 2 rings (SSSR count). The lowest BCUT2D eigenvalue weighted by Gasteiger charge is -2.29. The second-order valence-corrected chi connectivity index (χ2v) is 5.55. The summed E-state index contributed by atoms with van der Waals surface area (Å²) in [6, 6.07) is 0.722. The Kier molecular flexibility index (Phi) is 3.76. The average molecular weight is 224 g/mol. The van der Waals surface area contributed by atoms with Gasteiger partial charge >= 0.3 is 0 Å². The van der Waals surface area contributed by atoms with E-state index in [1.807, 2.05) is 5.51 Å². The van der Waals surface area contributed by atoms with Crippen LogP contribution in [-0.2, 0) is 6.54 Å². The number of hydrogen-bond acceptors (Lipinski definition) is 3. The number of thiazole rings is 1. The van der Waals surface area contributed by atoms with E-state index in [9.17, 15) is 0 Å². The highest BCUT2D eigenvalue weighted by molar-refractivity contribution is 7.09. The van der Waals surface area contributed by atoms with Crippen molar-refractivity contribution in [2.75, 3.05) is 0 Å². The van der Waals surface area contributed by atoms with Crippen LogP contribution in [0.15, 0.2) is 5.51 Å². The molecule has 0 spiro atoms. The van der Waals surface area contributed by atoms with E-state index < -0.39 is 0 Å². The van der Waals surface area contributed by atoms with Crippen molar-refractivity contribution >= 4 is 11.3 Å². The normalized spacial score (nSPS) is 26.8. The third-order valence-corrected chi connectivity index (χ3v) is 4.42. The Morgan fingerprint density at radius 1 is 1.47 bits per heavy atom. The van der Waals surface area contributed by atoms with Crippen LogP contribution in [0, 0.1) is 12.8 Å². The molecule has 0 radical (unpaired) electrons. The summed E-state index contributed by atoms with van der Waals surface area (Å²) in [4.78, 5) is 5.67. The van der Waals surface area contributed by atoms with E-state index in [2.05, 4.69) is 24.1 Å². The number of hydrogen-bond donors (Lipinski definition) is 1. The Morgan fingerprint density at radius 2 is 2.27 bits per heavy atom. The van der Waals surface area contributed by atoms with Gasteiger partial charge in [0.1, 0.15) is 0 Å². The van der Waals surface area contributed by atoms with Gasteiger partial charge in [-0.2, -0.15) is 0 Å². The summed E-state index contributed by atoms with van der Waals surface area (Å²) in [5, 5.41) is 3.68. The smallest absolute Gasteiger partial charge is 0.0798 e. The zero-order valence-electron chi connectivity index (χ0n) is 9.62. The quantitative estimate of drug-likeness (QED) is 0.853. The van der Waals surface area contributed by atoms with Crippen LogP contribution in [0.1, 0.15) is 43.2 Å². The SMILES string of the molecule is Cc1ncsc1CN[C@H]1CCCC[C@@H]1C. The van der Waals surface area contributed by atoms with Gasteiger partial charge in [0.05, 0.1) is 11.2 Å². The monoisotopic (exact) mass is 224 g/mol. The number of nitrogens with zero attached hydrogens (tertiary/aromatic N) is 1. The summed E-state index contributed by atoms with van der Waals surface area (Å²) in [5.41, 5.74) is 3.13. The first-order valence-electron chi connectivity index (χ1n) is 5.89. The largest absolute Gasteiger partial charge is 0.309 e. The molecule has 0 saturated heterocycles. The van der Waals surface area contributed by atoms with E-state index in [1.165, 1.54) is 36.3 Å². The standard InChI is InChI=1S/C12H20N2S/c1-9-5-3-4-6-11(9)13-7-12-10(2)14-8-15-12/h8-9,11,13H,3-7H2,1-2H3/t9-,11-/m0/s1. The van der Waals surface area contributed by atoms with Crippen LogP contribution in [0.3, 0.4) is 0 Å². The zero-order chi connectivity index (χ0) is 10.7. The molecule has 1 saturated carbocycles. The minimum Gasteiger partial charge on any atom is -0.309 e. The maximum Gasteiger partial charge on any atom is 0.0798 e. The third-order valence-electron chi connectivity index (χ3n) is 3.48. The lowest BCUT2D eigenvalue weighted by Crippen LogP contribution is -2.36. The molecule has 3 heteroatoms. The molecule has 1 aromatic heterocycles. The van der Waals surface area contributed by atoms with Gasteiger partial charge in [-0.3, -0.25) is 0 Å². The first-order valence-corrected chi connectivity index (χ1v) is 6.77. The van der Waals surface area contributed by atoms with Crippen LogP contribution in [-0.4, -0.2) is 11.0 Å². The lowest BCUT2D eigenvalue weighted by atomic mass is 9.86. The van der Waals surface area contributed by atoms with E-state index >= 15 is 0 Å². The molecule has 1 aromatic rings. The number of aromatic nitrogens is 1. The van der Waals surface area contributed by atoms with Crippen LogP contribution in [0.4, 0.5) is 0 Å². The first-order chi connectivity index (χ1) is 7.27. The van der Waals surface area contributed by atoms with Crippen molar-refractivity contribution in [1.82, 2.24) is 10.3 Å². The first kappa shape index (κ1) is 11.1. The molecule has 15 heavy (non-hydrogen) atoms. The number of aryl methyl sites for hydroxylation is 1. The Morgan fingerprint density at radius 3 is 2.93 bits per heavy atom. The molecule has 0 bridgehead atoms. The highest BCUT2D eigenvalue weighted by atomic mass is 32.1. The highest BCUT2D eigenvalue weighted by Crippen LogP contribution is 2.24. The van der Waals surface area contributed by atoms with Gasteiger partial charge in [0, 0.05) is 17.5 Å². The van der Waals surface area contributed by atoms with Crippen LogP contribution in [0.25, 0.3) is 0 Å². The minimum absolute atomic E-state index is 0.722. The topological polar surface area (TPSA) is 24.9 Å². The van der Waals surface area contributed by atoms with E-state index in [-0.39, 0.29) is 0 Å². The maximum atomic E-state index is 4.28. The maximum absolute atomic E-state index is 4.28. The van der Waals surface area contributed by atoms with Gasteiger partial charge in [-0.1, -0.05) is 19.8 Å². The Balaban J connectivity index is 1.84. The van der Waals surface area contributed by atoms with Crippen molar-refractivity contribution in [3.63, 3.8) is 0 Å². The summed E-state index contributed by atoms with van der Waals surface area (Å²) in [7, 11) is 0. The molecule has 2 nitrogen and oxygen atoms in total. The molecular formula is C12H20N2S. The van der Waals surface area contributed by atoms with Crippen LogP contribution in [0.5, 0.6) is 0 Å². The van der Waals surface area contributed by atoms with E-state index in [0.29, 0.717) is 0 Å². The van der Waals surface area contributed by atoms with E-state index in [1.54, 1.807) is 11.3 Å². The summed E-state index contributed by atoms with van der Waals surface area (Å²) >= 11 is 1.77.